The van der Waals surface area contributed by atoms with Gasteiger partial charge in [-0.05, 0) is 64.4 Å². The average molecular weight is 290 g/mol. The summed E-state index contributed by atoms with van der Waals surface area (Å²) >= 11 is 0. The molecule has 2 rings (SSSR count). The number of ether oxygens (including phenoxy) is 1. The van der Waals surface area contributed by atoms with Crippen LogP contribution in [0.15, 0.2) is 18.2 Å². The van der Waals surface area contributed by atoms with Crippen molar-refractivity contribution >= 4 is 0 Å². The van der Waals surface area contributed by atoms with Crippen LogP contribution in [-0.2, 0) is 6.54 Å². The van der Waals surface area contributed by atoms with Crippen LogP contribution in [0.25, 0.3) is 0 Å². The number of benzene rings is 1. The molecule has 3 heteroatoms. The van der Waals surface area contributed by atoms with Crippen LogP contribution >= 0.6 is 0 Å². The molecule has 1 aromatic carbocycles. The first-order valence-corrected chi connectivity index (χ1v) is 8.13. The normalized spacial score (nSPS) is 19.7. The zero-order valence-electron chi connectivity index (χ0n) is 14.2. The molecule has 1 aliphatic heterocycles. The standard InChI is InChI=1S/C18H30N2O/c1-6-19-14(2)15-8-9-17(21-5)16(12-15)13-20-11-7-10-18(20,3)4/h8-9,12,14,19H,6-7,10-11,13H2,1-5H3. The number of rotatable bonds is 6. The molecule has 0 saturated carbocycles. The molecule has 0 spiro atoms. The number of hydrogen-bond donors (Lipinski definition) is 1. The van der Waals surface area contributed by atoms with E-state index in [9.17, 15) is 0 Å². The molecule has 1 unspecified atom stereocenters. The largest absolute Gasteiger partial charge is 0.496 e. The van der Waals surface area contributed by atoms with Crippen molar-refractivity contribution in [3.63, 3.8) is 0 Å². The minimum absolute atomic E-state index is 0.300. The lowest BCUT2D eigenvalue weighted by atomic mass is 10.00. The van der Waals surface area contributed by atoms with E-state index in [1.54, 1.807) is 7.11 Å². The van der Waals surface area contributed by atoms with Crippen LogP contribution in [0.1, 0.15) is 57.7 Å². The second-order valence-corrected chi connectivity index (χ2v) is 6.69. The van der Waals surface area contributed by atoms with Crippen LogP contribution in [0, 0.1) is 0 Å². The highest BCUT2D eigenvalue weighted by Gasteiger charge is 2.32. The molecule has 118 valence electrons. The van der Waals surface area contributed by atoms with Crippen LogP contribution in [0.2, 0.25) is 0 Å². The quantitative estimate of drug-likeness (QED) is 0.864. The smallest absolute Gasteiger partial charge is 0.123 e. The van der Waals surface area contributed by atoms with E-state index in [-0.39, 0.29) is 0 Å². The molecule has 1 heterocycles. The van der Waals surface area contributed by atoms with E-state index in [2.05, 4.69) is 56.1 Å². The Morgan fingerprint density at radius 1 is 1.38 bits per heavy atom. The number of nitrogens with zero attached hydrogens (tertiary/aromatic N) is 1. The van der Waals surface area contributed by atoms with Crippen molar-refractivity contribution in [2.45, 2.75) is 58.7 Å². The van der Waals surface area contributed by atoms with Crippen LogP contribution < -0.4 is 10.1 Å². The SMILES string of the molecule is CCNC(C)c1ccc(OC)c(CN2CCCC2(C)C)c1. The van der Waals surface area contributed by atoms with Gasteiger partial charge in [0.15, 0.2) is 0 Å². The number of nitrogens with one attached hydrogen (secondary N) is 1. The minimum Gasteiger partial charge on any atom is -0.496 e. The topological polar surface area (TPSA) is 24.5 Å². The maximum absolute atomic E-state index is 5.57. The maximum Gasteiger partial charge on any atom is 0.123 e. The van der Waals surface area contributed by atoms with Gasteiger partial charge in [0.25, 0.3) is 0 Å². The van der Waals surface area contributed by atoms with Gasteiger partial charge in [-0.15, -0.1) is 0 Å². The number of likely N-dealkylation sites (tertiary alicyclic amines) is 1. The Morgan fingerprint density at radius 3 is 2.71 bits per heavy atom. The summed E-state index contributed by atoms with van der Waals surface area (Å²) in [4.78, 5) is 2.58. The predicted molar refractivity (Wildman–Crippen MR) is 88.8 cm³/mol. The average Bonchev–Trinajstić information content (AvgIpc) is 2.78. The van der Waals surface area contributed by atoms with Gasteiger partial charge in [0.2, 0.25) is 0 Å². The first kappa shape index (κ1) is 16.3. The van der Waals surface area contributed by atoms with Crippen LogP contribution in [0.3, 0.4) is 0 Å². The Labute approximate surface area is 129 Å². The molecule has 1 saturated heterocycles. The third-order valence-corrected chi connectivity index (χ3v) is 4.75. The lowest BCUT2D eigenvalue weighted by molar-refractivity contribution is 0.164. The third kappa shape index (κ3) is 3.78. The van der Waals surface area contributed by atoms with Gasteiger partial charge in [0.05, 0.1) is 7.11 Å². The molecule has 21 heavy (non-hydrogen) atoms. The zero-order chi connectivity index (χ0) is 15.5. The number of hydrogen-bond acceptors (Lipinski definition) is 3. The molecule has 1 aliphatic rings. The lowest BCUT2D eigenvalue weighted by Gasteiger charge is -2.32. The van der Waals surface area contributed by atoms with E-state index in [0.717, 1.165) is 18.8 Å². The summed E-state index contributed by atoms with van der Waals surface area (Å²) in [6, 6.07) is 6.97. The van der Waals surface area contributed by atoms with Crippen molar-refractivity contribution in [1.29, 1.82) is 0 Å². The Bertz CT molecular complexity index is 470. The number of methoxy groups -OCH3 is 1. The van der Waals surface area contributed by atoms with Crippen molar-refractivity contribution < 1.29 is 4.74 Å². The second kappa shape index (κ2) is 6.80. The summed E-state index contributed by atoms with van der Waals surface area (Å²) in [7, 11) is 1.77. The highest BCUT2D eigenvalue weighted by molar-refractivity contribution is 5.38. The summed E-state index contributed by atoms with van der Waals surface area (Å²) < 4.78 is 5.57. The van der Waals surface area contributed by atoms with Gasteiger partial charge in [0, 0.05) is 23.7 Å². The molecule has 1 fully saturated rings. The molecule has 0 radical (unpaired) electrons. The van der Waals surface area contributed by atoms with E-state index in [0.29, 0.717) is 11.6 Å². The van der Waals surface area contributed by atoms with Gasteiger partial charge in [-0.1, -0.05) is 13.0 Å². The molecule has 3 nitrogen and oxygen atoms in total. The molecule has 1 aromatic rings. The summed E-state index contributed by atoms with van der Waals surface area (Å²) in [5.41, 5.74) is 2.94. The molecule has 1 N–H and O–H groups in total. The Hall–Kier alpha value is -1.06. The molecule has 1 atom stereocenters. The highest BCUT2D eigenvalue weighted by atomic mass is 16.5. The summed E-state index contributed by atoms with van der Waals surface area (Å²) in [6.07, 6.45) is 2.57. The molecular weight excluding hydrogens is 260 g/mol. The molecule has 0 bridgehead atoms. The Balaban J connectivity index is 2.22. The van der Waals surface area contributed by atoms with Gasteiger partial charge in [-0.2, -0.15) is 0 Å². The Kier molecular flexibility index (Phi) is 5.28. The fourth-order valence-electron chi connectivity index (χ4n) is 3.28. The predicted octanol–water partition coefficient (Wildman–Crippen LogP) is 3.74. The summed E-state index contributed by atoms with van der Waals surface area (Å²) in [6.45, 7) is 12.2. The van der Waals surface area contributed by atoms with Gasteiger partial charge < -0.3 is 10.1 Å². The molecule has 0 aliphatic carbocycles. The summed E-state index contributed by atoms with van der Waals surface area (Å²) in [5.74, 6) is 1.00. The van der Waals surface area contributed by atoms with Gasteiger partial charge >= 0.3 is 0 Å². The fraction of sp³-hybridized carbons (Fsp3) is 0.667. The fourth-order valence-corrected chi connectivity index (χ4v) is 3.28. The van der Waals surface area contributed by atoms with E-state index in [1.165, 1.54) is 30.5 Å². The van der Waals surface area contributed by atoms with Gasteiger partial charge in [-0.3, -0.25) is 4.90 Å². The third-order valence-electron chi connectivity index (χ3n) is 4.75. The lowest BCUT2D eigenvalue weighted by Crippen LogP contribution is -2.37. The second-order valence-electron chi connectivity index (χ2n) is 6.69. The first-order valence-electron chi connectivity index (χ1n) is 8.13. The van der Waals surface area contributed by atoms with Gasteiger partial charge in [-0.25, -0.2) is 0 Å². The Morgan fingerprint density at radius 2 is 2.14 bits per heavy atom. The van der Waals surface area contributed by atoms with Crippen LogP contribution in [0.4, 0.5) is 0 Å². The van der Waals surface area contributed by atoms with E-state index < -0.39 is 0 Å². The van der Waals surface area contributed by atoms with Crippen molar-refractivity contribution in [3.8, 4) is 5.75 Å². The summed E-state index contributed by atoms with van der Waals surface area (Å²) in [5, 5.41) is 3.48. The van der Waals surface area contributed by atoms with Crippen molar-refractivity contribution in [2.75, 3.05) is 20.2 Å². The van der Waals surface area contributed by atoms with E-state index >= 15 is 0 Å². The van der Waals surface area contributed by atoms with Crippen molar-refractivity contribution in [2.24, 2.45) is 0 Å². The molecular formula is C18H30N2O. The maximum atomic E-state index is 5.57. The van der Waals surface area contributed by atoms with Crippen LogP contribution in [-0.4, -0.2) is 30.6 Å². The molecule has 0 aromatic heterocycles. The van der Waals surface area contributed by atoms with Crippen LogP contribution in [0.5, 0.6) is 5.75 Å². The van der Waals surface area contributed by atoms with Crippen molar-refractivity contribution in [3.05, 3.63) is 29.3 Å². The monoisotopic (exact) mass is 290 g/mol. The molecule has 0 amide bonds. The van der Waals surface area contributed by atoms with E-state index in [4.69, 9.17) is 4.74 Å². The van der Waals surface area contributed by atoms with Gasteiger partial charge in [0.1, 0.15) is 5.75 Å². The van der Waals surface area contributed by atoms with E-state index in [1.807, 2.05) is 0 Å². The highest BCUT2D eigenvalue weighted by Crippen LogP contribution is 2.32. The van der Waals surface area contributed by atoms with Crippen molar-refractivity contribution in [1.82, 2.24) is 10.2 Å². The minimum atomic E-state index is 0.300. The zero-order valence-corrected chi connectivity index (χ0v) is 14.2. The first-order chi connectivity index (χ1) is 9.97.